The van der Waals surface area contributed by atoms with Crippen molar-refractivity contribution in [2.75, 3.05) is 6.54 Å². The van der Waals surface area contributed by atoms with Gasteiger partial charge in [0.05, 0.1) is 11.8 Å². The van der Waals surface area contributed by atoms with Crippen molar-refractivity contribution in [1.29, 1.82) is 0 Å². The Hall–Kier alpha value is -1.57. The lowest BCUT2D eigenvalue weighted by Gasteiger charge is -2.20. The predicted molar refractivity (Wildman–Crippen MR) is 98.2 cm³/mol. The smallest absolute Gasteiger partial charge is 0.233 e. The van der Waals surface area contributed by atoms with E-state index in [1.165, 1.54) is 11.8 Å². The van der Waals surface area contributed by atoms with E-state index in [4.69, 9.17) is 0 Å². The minimum absolute atomic E-state index is 0.00472. The lowest BCUT2D eigenvalue weighted by Crippen LogP contribution is -2.36. The standard InChI is InChI=1S/C17H29N5O2S/c1-5-22-14(11-21-10-8-6-7-9-15(21)23)19-20-17(22)25-13(4)16(24)18-12(2)3/h12-13H,5-11H2,1-4H3,(H,18,24)/t13-/m1/s1. The molecule has 2 rings (SSSR count). The lowest BCUT2D eigenvalue weighted by molar-refractivity contribution is -0.131. The quantitative estimate of drug-likeness (QED) is 0.748. The van der Waals surface area contributed by atoms with E-state index >= 15 is 0 Å². The molecule has 1 saturated heterocycles. The predicted octanol–water partition coefficient (Wildman–Crippen LogP) is 2.21. The summed E-state index contributed by atoms with van der Waals surface area (Å²) in [5.74, 6) is 0.980. The van der Waals surface area contributed by atoms with Crippen LogP contribution in [0.3, 0.4) is 0 Å². The maximum Gasteiger partial charge on any atom is 0.233 e. The summed E-state index contributed by atoms with van der Waals surface area (Å²) in [6, 6.07) is 0.115. The van der Waals surface area contributed by atoms with E-state index in [0.717, 1.165) is 36.8 Å². The van der Waals surface area contributed by atoms with Gasteiger partial charge in [0.2, 0.25) is 11.8 Å². The van der Waals surface area contributed by atoms with E-state index in [1.54, 1.807) is 0 Å². The summed E-state index contributed by atoms with van der Waals surface area (Å²) >= 11 is 1.41. The van der Waals surface area contributed by atoms with Crippen molar-refractivity contribution in [3.63, 3.8) is 0 Å². The first kappa shape index (κ1) is 19.8. The van der Waals surface area contributed by atoms with E-state index in [-0.39, 0.29) is 23.1 Å². The number of carbonyl (C=O) groups excluding carboxylic acids is 2. The third-order valence-corrected chi connectivity index (χ3v) is 5.28. The molecule has 1 atom stereocenters. The maximum absolute atomic E-state index is 12.2. The van der Waals surface area contributed by atoms with E-state index in [2.05, 4.69) is 15.5 Å². The minimum Gasteiger partial charge on any atom is -0.353 e. The number of carbonyl (C=O) groups is 2. The summed E-state index contributed by atoms with van der Waals surface area (Å²) in [4.78, 5) is 26.2. The zero-order valence-electron chi connectivity index (χ0n) is 15.6. The van der Waals surface area contributed by atoms with Gasteiger partial charge in [-0.2, -0.15) is 0 Å². The molecular weight excluding hydrogens is 338 g/mol. The minimum atomic E-state index is -0.246. The zero-order chi connectivity index (χ0) is 18.4. The van der Waals surface area contributed by atoms with Crippen LogP contribution in [0.25, 0.3) is 0 Å². The molecule has 140 valence electrons. The van der Waals surface area contributed by atoms with Crippen LogP contribution in [-0.2, 0) is 22.7 Å². The molecule has 2 amide bonds. The molecule has 2 heterocycles. The van der Waals surface area contributed by atoms with Gasteiger partial charge < -0.3 is 14.8 Å². The topological polar surface area (TPSA) is 80.1 Å². The molecule has 0 aromatic carbocycles. The van der Waals surface area contributed by atoms with Crippen LogP contribution >= 0.6 is 11.8 Å². The second-order valence-corrected chi connectivity index (χ2v) is 8.00. The molecule has 0 unspecified atom stereocenters. The Labute approximate surface area is 153 Å². The average Bonchev–Trinajstić information content (AvgIpc) is 2.81. The monoisotopic (exact) mass is 367 g/mol. The number of likely N-dealkylation sites (tertiary alicyclic amines) is 1. The molecule has 0 saturated carbocycles. The number of thioether (sulfide) groups is 1. The zero-order valence-corrected chi connectivity index (χ0v) is 16.4. The van der Waals surface area contributed by atoms with Gasteiger partial charge >= 0.3 is 0 Å². The molecule has 1 N–H and O–H groups in total. The summed E-state index contributed by atoms with van der Waals surface area (Å²) in [5.41, 5.74) is 0. The van der Waals surface area contributed by atoms with Crippen molar-refractivity contribution in [3.05, 3.63) is 5.82 Å². The van der Waals surface area contributed by atoms with E-state index < -0.39 is 0 Å². The largest absolute Gasteiger partial charge is 0.353 e. The van der Waals surface area contributed by atoms with Gasteiger partial charge in [-0.25, -0.2) is 0 Å². The van der Waals surface area contributed by atoms with Gasteiger partial charge in [0.15, 0.2) is 11.0 Å². The number of aromatic nitrogens is 3. The van der Waals surface area contributed by atoms with Crippen LogP contribution in [0.1, 0.15) is 59.2 Å². The number of nitrogens with zero attached hydrogens (tertiary/aromatic N) is 4. The summed E-state index contributed by atoms with van der Waals surface area (Å²) in [6.45, 7) is 9.78. The number of hydrogen-bond acceptors (Lipinski definition) is 5. The van der Waals surface area contributed by atoms with Crippen molar-refractivity contribution >= 4 is 23.6 Å². The van der Waals surface area contributed by atoms with Gasteiger partial charge in [0, 0.05) is 25.6 Å². The Morgan fingerprint density at radius 2 is 2.00 bits per heavy atom. The lowest BCUT2D eigenvalue weighted by atomic mass is 10.2. The Morgan fingerprint density at radius 3 is 2.68 bits per heavy atom. The van der Waals surface area contributed by atoms with E-state index in [0.29, 0.717) is 19.5 Å². The first-order valence-corrected chi connectivity index (χ1v) is 9.97. The van der Waals surface area contributed by atoms with Crippen LogP contribution < -0.4 is 5.32 Å². The fraction of sp³-hybridized carbons (Fsp3) is 0.765. The molecule has 0 spiro atoms. The summed E-state index contributed by atoms with van der Waals surface area (Å²) in [6.07, 6.45) is 3.74. The van der Waals surface area contributed by atoms with Gasteiger partial charge in [-0.3, -0.25) is 9.59 Å². The fourth-order valence-electron chi connectivity index (χ4n) is 2.83. The normalized spacial score (nSPS) is 16.8. The molecule has 1 fully saturated rings. The Morgan fingerprint density at radius 1 is 1.24 bits per heavy atom. The molecular formula is C17H29N5O2S. The average molecular weight is 368 g/mol. The summed E-state index contributed by atoms with van der Waals surface area (Å²) < 4.78 is 2.00. The van der Waals surface area contributed by atoms with Crippen LogP contribution in [0.2, 0.25) is 0 Å². The SMILES string of the molecule is CCn1c(CN2CCCCCC2=O)nnc1S[C@H](C)C(=O)NC(C)C. The molecule has 7 nitrogen and oxygen atoms in total. The first-order chi connectivity index (χ1) is 11.9. The third-order valence-electron chi connectivity index (χ3n) is 4.20. The van der Waals surface area contributed by atoms with Crippen molar-refractivity contribution in [3.8, 4) is 0 Å². The molecule has 8 heteroatoms. The number of amides is 2. The van der Waals surface area contributed by atoms with Crippen molar-refractivity contribution < 1.29 is 9.59 Å². The van der Waals surface area contributed by atoms with Gasteiger partial charge in [-0.15, -0.1) is 10.2 Å². The third kappa shape index (κ3) is 5.45. The Bertz CT molecular complexity index is 602. The van der Waals surface area contributed by atoms with Crippen LogP contribution in [0.15, 0.2) is 5.16 Å². The first-order valence-electron chi connectivity index (χ1n) is 9.09. The highest BCUT2D eigenvalue weighted by Gasteiger charge is 2.23. The summed E-state index contributed by atoms with van der Waals surface area (Å²) in [7, 11) is 0. The van der Waals surface area contributed by atoms with E-state index in [1.807, 2.05) is 37.2 Å². The van der Waals surface area contributed by atoms with Gasteiger partial charge in [0.1, 0.15) is 0 Å². The van der Waals surface area contributed by atoms with Gasteiger partial charge in [-0.05, 0) is 40.5 Å². The molecule has 0 aliphatic carbocycles. The van der Waals surface area contributed by atoms with E-state index in [9.17, 15) is 9.59 Å². The molecule has 1 aliphatic heterocycles. The summed E-state index contributed by atoms with van der Waals surface area (Å²) in [5, 5.41) is 11.9. The molecule has 0 radical (unpaired) electrons. The number of hydrogen-bond donors (Lipinski definition) is 1. The molecule has 1 aromatic rings. The van der Waals surface area contributed by atoms with Crippen LogP contribution in [0, 0.1) is 0 Å². The molecule has 0 bridgehead atoms. The van der Waals surface area contributed by atoms with Crippen molar-refractivity contribution in [2.24, 2.45) is 0 Å². The van der Waals surface area contributed by atoms with Crippen LogP contribution in [-0.4, -0.2) is 49.3 Å². The maximum atomic E-state index is 12.2. The number of rotatable bonds is 7. The van der Waals surface area contributed by atoms with Crippen molar-refractivity contribution in [2.45, 2.75) is 82.9 Å². The second-order valence-electron chi connectivity index (χ2n) is 6.69. The number of nitrogens with one attached hydrogen (secondary N) is 1. The molecule has 1 aliphatic rings. The fourth-order valence-corrected chi connectivity index (χ4v) is 3.77. The van der Waals surface area contributed by atoms with Crippen LogP contribution in [0.4, 0.5) is 0 Å². The van der Waals surface area contributed by atoms with Crippen LogP contribution in [0.5, 0.6) is 0 Å². The second kappa shape index (κ2) is 9.22. The van der Waals surface area contributed by atoms with Gasteiger partial charge in [-0.1, -0.05) is 18.2 Å². The van der Waals surface area contributed by atoms with Gasteiger partial charge in [0.25, 0.3) is 0 Å². The Kier molecular flexibility index (Phi) is 7.28. The molecule has 25 heavy (non-hydrogen) atoms. The highest BCUT2D eigenvalue weighted by atomic mass is 32.2. The molecule has 1 aromatic heterocycles. The highest BCUT2D eigenvalue weighted by Crippen LogP contribution is 2.23. The van der Waals surface area contributed by atoms with Crippen molar-refractivity contribution in [1.82, 2.24) is 25.0 Å². The Balaban J connectivity index is 2.07. The highest BCUT2D eigenvalue weighted by molar-refractivity contribution is 8.00.